The summed E-state index contributed by atoms with van der Waals surface area (Å²) in [6.07, 6.45) is 3.47. The average molecular weight is 437 g/mol. The van der Waals surface area contributed by atoms with E-state index < -0.39 is 0 Å². The zero-order chi connectivity index (χ0) is 21.6. The number of amides is 1. The number of para-hydroxylation sites is 1. The number of hydrogen-bond acceptors (Lipinski definition) is 5. The molecule has 0 aliphatic carbocycles. The van der Waals surface area contributed by atoms with E-state index >= 15 is 0 Å². The topological polar surface area (TPSA) is 59.4 Å². The summed E-state index contributed by atoms with van der Waals surface area (Å²) in [5.74, 6) is -0.0962. The smallest absolute Gasteiger partial charge is 0.244 e. The fourth-order valence-electron chi connectivity index (χ4n) is 3.91. The number of nitrogens with one attached hydrogen (secondary N) is 1. The van der Waals surface area contributed by atoms with Gasteiger partial charge in [-0.3, -0.25) is 9.69 Å². The van der Waals surface area contributed by atoms with E-state index in [2.05, 4.69) is 32.8 Å². The highest BCUT2D eigenvalue weighted by molar-refractivity contribution is 7.10. The number of ether oxygens (including phenoxy) is 1. The summed E-state index contributed by atoms with van der Waals surface area (Å²) < 4.78 is 7.41. The van der Waals surface area contributed by atoms with Crippen LogP contribution in [0.5, 0.6) is 0 Å². The van der Waals surface area contributed by atoms with Gasteiger partial charge in [0.05, 0.1) is 30.6 Å². The van der Waals surface area contributed by atoms with E-state index in [-0.39, 0.29) is 11.9 Å². The molecule has 1 N–H and O–H groups in total. The number of aryl methyl sites for hydroxylation is 1. The molecule has 3 aromatic rings. The summed E-state index contributed by atoms with van der Waals surface area (Å²) in [7, 11) is 0. The zero-order valence-electron chi connectivity index (χ0n) is 18.0. The van der Waals surface area contributed by atoms with Gasteiger partial charge in [-0.15, -0.1) is 11.3 Å². The molecule has 1 saturated heterocycles. The molecule has 3 heterocycles. The SMILES string of the molecule is Cc1nn(-c2ccccc2)c(C)c1/C=C/C(=O)NC[C@@H](c1cccs1)N1CCOCC1. The van der Waals surface area contributed by atoms with Crippen LogP contribution in [0.25, 0.3) is 11.8 Å². The zero-order valence-corrected chi connectivity index (χ0v) is 18.8. The molecule has 1 aliphatic rings. The third-order valence-corrected chi connectivity index (χ3v) is 6.55. The average Bonchev–Trinajstić information content (AvgIpc) is 3.42. The highest BCUT2D eigenvalue weighted by Gasteiger charge is 2.23. The summed E-state index contributed by atoms with van der Waals surface area (Å²) in [6, 6.07) is 14.4. The van der Waals surface area contributed by atoms with Crippen LogP contribution in [-0.4, -0.2) is 53.4 Å². The summed E-state index contributed by atoms with van der Waals surface area (Å²) >= 11 is 1.73. The molecule has 1 aliphatic heterocycles. The van der Waals surface area contributed by atoms with E-state index in [1.165, 1.54) is 4.88 Å². The predicted octanol–water partition coefficient (Wildman–Crippen LogP) is 3.75. The van der Waals surface area contributed by atoms with Gasteiger partial charge in [-0.2, -0.15) is 5.10 Å². The number of morpholine rings is 1. The van der Waals surface area contributed by atoms with Gasteiger partial charge in [-0.25, -0.2) is 4.68 Å². The second-order valence-corrected chi connectivity index (χ2v) is 8.57. The molecule has 31 heavy (non-hydrogen) atoms. The van der Waals surface area contributed by atoms with Crippen molar-refractivity contribution in [3.63, 3.8) is 0 Å². The first-order valence-electron chi connectivity index (χ1n) is 10.6. The molecule has 7 heteroatoms. The molecular weight excluding hydrogens is 408 g/mol. The molecule has 162 valence electrons. The number of aromatic nitrogens is 2. The number of thiophene rings is 1. The molecule has 1 atom stereocenters. The maximum absolute atomic E-state index is 12.6. The third kappa shape index (κ3) is 5.12. The molecule has 0 radical (unpaired) electrons. The lowest BCUT2D eigenvalue weighted by atomic mass is 10.1. The maximum atomic E-state index is 12.6. The van der Waals surface area contributed by atoms with Crippen molar-refractivity contribution >= 4 is 23.3 Å². The van der Waals surface area contributed by atoms with Gasteiger partial charge >= 0.3 is 0 Å². The van der Waals surface area contributed by atoms with Gasteiger partial charge in [-0.05, 0) is 43.5 Å². The van der Waals surface area contributed by atoms with Crippen molar-refractivity contribution in [2.45, 2.75) is 19.9 Å². The Kier molecular flexibility index (Phi) is 6.96. The number of benzene rings is 1. The normalized spacial score (nSPS) is 15.9. The van der Waals surface area contributed by atoms with Crippen molar-refractivity contribution in [3.8, 4) is 5.69 Å². The second kappa shape index (κ2) is 10.0. The van der Waals surface area contributed by atoms with E-state index in [1.807, 2.05) is 54.9 Å². The Balaban J connectivity index is 1.43. The molecule has 6 nitrogen and oxygen atoms in total. The molecule has 0 saturated carbocycles. The van der Waals surface area contributed by atoms with Crippen molar-refractivity contribution < 1.29 is 9.53 Å². The minimum absolute atomic E-state index is 0.0962. The molecule has 0 unspecified atom stereocenters. The summed E-state index contributed by atoms with van der Waals surface area (Å²) in [5.41, 5.74) is 3.89. The van der Waals surface area contributed by atoms with Gasteiger partial charge in [0.1, 0.15) is 0 Å². The van der Waals surface area contributed by atoms with Crippen LogP contribution in [0.3, 0.4) is 0 Å². The second-order valence-electron chi connectivity index (χ2n) is 7.59. The summed E-state index contributed by atoms with van der Waals surface area (Å²) in [5, 5.41) is 9.82. The highest BCUT2D eigenvalue weighted by Crippen LogP contribution is 2.25. The number of nitrogens with zero attached hydrogens (tertiary/aromatic N) is 3. The number of hydrogen-bond donors (Lipinski definition) is 1. The van der Waals surface area contributed by atoms with Gasteiger partial charge in [0.15, 0.2) is 0 Å². The molecule has 1 fully saturated rings. The van der Waals surface area contributed by atoms with Crippen molar-refractivity contribution in [2.24, 2.45) is 0 Å². The molecule has 4 rings (SSSR count). The van der Waals surface area contributed by atoms with Gasteiger partial charge in [-0.1, -0.05) is 24.3 Å². The van der Waals surface area contributed by atoms with Gasteiger partial charge in [0, 0.05) is 41.8 Å². The maximum Gasteiger partial charge on any atom is 0.244 e. The molecular formula is C24H28N4O2S. The van der Waals surface area contributed by atoms with E-state index in [4.69, 9.17) is 4.74 Å². The number of carbonyl (C=O) groups excluding carboxylic acids is 1. The van der Waals surface area contributed by atoms with Crippen LogP contribution in [0, 0.1) is 13.8 Å². The lowest BCUT2D eigenvalue weighted by Gasteiger charge is -2.34. The van der Waals surface area contributed by atoms with Crippen LogP contribution in [-0.2, 0) is 9.53 Å². The standard InChI is InChI=1S/C24H28N4O2S/c1-18-21(19(2)28(26-18)20-7-4-3-5-8-20)10-11-24(29)25-17-22(23-9-6-16-31-23)27-12-14-30-15-13-27/h3-11,16,22H,12-15,17H2,1-2H3,(H,25,29)/b11-10+/t22-/m0/s1. The first-order valence-corrected chi connectivity index (χ1v) is 11.4. The Bertz CT molecular complexity index is 1020. The van der Waals surface area contributed by atoms with Crippen molar-refractivity contribution in [3.05, 3.63) is 75.7 Å². The lowest BCUT2D eigenvalue weighted by molar-refractivity contribution is -0.116. The molecule has 0 spiro atoms. The number of rotatable bonds is 7. The van der Waals surface area contributed by atoms with E-state index in [0.717, 1.165) is 48.9 Å². The van der Waals surface area contributed by atoms with Crippen LogP contribution in [0.15, 0.2) is 53.9 Å². The molecule has 1 amide bonds. The van der Waals surface area contributed by atoms with Crippen LogP contribution in [0.4, 0.5) is 0 Å². The summed E-state index contributed by atoms with van der Waals surface area (Å²) in [6.45, 7) is 7.80. The summed E-state index contributed by atoms with van der Waals surface area (Å²) in [4.78, 5) is 16.3. The Morgan fingerprint density at radius 2 is 1.97 bits per heavy atom. The van der Waals surface area contributed by atoms with E-state index in [0.29, 0.717) is 6.54 Å². The van der Waals surface area contributed by atoms with Crippen molar-refractivity contribution in [1.29, 1.82) is 0 Å². The van der Waals surface area contributed by atoms with Crippen LogP contribution in [0.2, 0.25) is 0 Å². The minimum Gasteiger partial charge on any atom is -0.379 e. The van der Waals surface area contributed by atoms with E-state index in [1.54, 1.807) is 17.4 Å². The fourth-order valence-corrected chi connectivity index (χ4v) is 4.77. The Morgan fingerprint density at radius 1 is 1.19 bits per heavy atom. The fraction of sp³-hybridized carbons (Fsp3) is 0.333. The third-order valence-electron chi connectivity index (χ3n) is 5.58. The quantitative estimate of drug-likeness (QED) is 0.573. The predicted molar refractivity (Wildman–Crippen MR) is 125 cm³/mol. The lowest BCUT2D eigenvalue weighted by Crippen LogP contribution is -2.43. The van der Waals surface area contributed by atoms with Gasteiger partial charge in [0.25, 0.3) is 0 Å². The van der Waals surface area contributed by atoms with Crippen molar-refractivity contribution in [2.75, 3.05) is 32.8 Å². The van der Waals surface area contributed by atoms with Crippen molar-refractivity contribution in [1.82, 2.24) is 20.0 Å². The van der Waals surface area contributed by atoms with Gasteiger partial charge < -0.3 is 10.1 Å². The molecule has 0 bridgehead atoms. The first-order chi connectivity index (χ1) is 15.1. The van der Waals surface area contributed by atoms with E-state index in [9.17, 15) is 4.79 Å². The first kappa shape index (κ1) is 21.5. The largest absolute Gasteiger partial charge is 0.379 e. The van der Waals surface area contributed by atoms with Crippen LogP contribution >= 0.6 is 11.3 Å². The Labute approximate surface area is 187 Å². The van der Waals surface area contributed by atoms with Crippen LogP contribution < -0.4 is 5.32 Å². The minimum atomic E-state index is -0.0962. The molecule has 1 aromatic carbocycles. The highest BCUT2D eigenvalue weighted by atomic mass is 32.1. The van der Waals surface area contributed by atoms with Gasteiger partial charge in [0.2, 0.25) is 5.91 Å². The number of carbonyl (C=O) groups is 1. The Morgan fingerprint density at radius 3 is 2.68 bits per heavy atom. The molecule has 2 aromatic heterocycles. The van der Waals surface area contributed by atoms with Crippen LogP contribution in [0.1, 0.15) is 27.9 Å². The Hall–Kier alpha value is -2.74. The monoisotopic (exact) mass is 436 g/mol.